The van der Waals surface area contributed by atoms with Crippen molar-refractivity contribution >= 4 is 23.3 Å². The van der Waals surface area contributed by atoms with E-state index >= 15 is 0 Å². The molecule has 0 bridgehead atoms. The Bertz CT molecular complexity index is 559. The van der Waals surface area contributed by atoms with Gasteiger partial charge in [-0.05, 0) is 18.3 Å². The fraction of sp³-hybridized carbons (Fsp3) is 0.286. The fourth-order valence-electron chi connectivity index (χ4n) is 2.27. The lowest BCUT2D eigenvalue weighted by Gasteiger charge is -2.35. The van der Waals surface area contributed by atoms with Gasteiger partial charge >= 0.3 is 5.97 Å². The highest BCUT2D eigenvalue weighted by Gasteiger charge is 2.38. The van der Waals surface area contributed by atoms with Gasteiger partial charge in [0.2, 0.25) is 0 Å². The minimum Gasteiger partial charge on any atom is -0.496 e. The van der Waals surface area contributed by atoms with Crippen molar-refractivity contribution in [2.45, 2.75) is 6.04 Å². The SMILES string of the molecule is C=C1NC(=S)NC(c2ccccc2OC)C1C(=O)OC. The number of esters is 1. The number of methoxy groups -OCH3 is 2. The first kappa shape index (κ1) is 14.3. The lowest BCUT2D eigenvalue weighted by Crippen LogP contribution is -2.50. The summed E-state index contributed by atoms with van der Waals surface area (Å²) in [5.41, 5.74) is 1.34. The summed E-state index contributed by atoms with van der Waals surface area (Å²) < 4.78 is 10.2. The van der Waals surface area contributed by atoms with E-state index in [4.69, 9.17) is 21.7 Å². The predicted molar refractivity (Wildman–Crippen MR) is 79.3 cm³/mol. The van der Waals surface area contributed by atoms with Crippen LogP contribution in [0.3, 0.4) is 0 Å². The molecular weight excluding hydrogens is 276 g/mol. The monoisotopic (exact) mass is 292 g/mol. The third-order valence-electron chi connectivity index (χ3n) is 3.20. The van der Waals surface area contributed by atoms with Crippen molar-refractivity contribution in [3.8, 4) is 5.75 Å². The molecule has 1 saturated heterocycles. The van der Waals surface area contributed by atoms with Crippen LogP contribution in [0.2, 0.25) is 0 Å². The number of thiocarbonyl (C=S) groups is 1. The molecular formula is C14H16N2O3S. The van der Waals surface area contributed by atoms with E-state index in [-0.39, 0.29) is 12.0 Å². The molecule has 1 heterocycles. The topological polar surface area (TPSA) is 59.6 Å². The number of benzene rings is 1. The molecule has 0 saturated carbocycles. The fourth-order valence-corrected chi connectivity index (χ4v) is 2.53. The van der Waals surface area contributed by atoms with Crippen LogP contribution in [0.4, 0.5) is 0 Å². The molecule has 6 heteroatoms. The van der Waals surface area contributed by atoms with Crippen LogP contribution in [0.25, 0.3) is 0 Å². The highest BCUT2D eigenvalue weighted by atomic mass is 32.1. The molecule has 1 aliphatic heterocycles. The summed E-state index contributed by atoms with van der Waals surface area (Å²) in [4.78, 5) is 12.0. The number of rotatable bonds is 3. The van der Waals surface area contributed by atoms with E-state index in [0.717, 1.165) is 5.56 Å². The Morgan fingerprint density at radius 1 is 1.35 bits per heavy atom. The minimum atomic E-state index is -0.581. The molecule has 0 aromatic heterocycles. The van der Waals surface area contributed by atoms with Crippen LogP contribution in [-0.2, 0) is 9.53 Å². The van der Waals surface area contributed by atoms with Crippen LogP contribution in [-0.4, -0.2) is 25.3 Å². The smallest absolute Gasteiger partial charge is 0.317 e. The Hall–Kier alpha value is -2.08. The summed E-state index contributed by atoms with van der Waals surface area (Å²) in [5, 5.41) is 6.37. The number of carbonyl (C=O) groups is 1. The first-order valence-electron chi connectivity index (χ1n) is 6.05. The van der Waals surface area contributed by atoms with E-state index in [9.17, 15) is 4.79 Å². The van der Waals surface area contributed by atoms with E-state index in [2.05, 4.69) is 17.2 Å². The molecule has 1 fully saturated rings. The average Bonchev–Trinajstić information content (AvgIpc) is 2.45. The van der Waals surface area contributed by atoms with Crippen LogP contribution in [0, 0.1) is 5.92 Å². The molecule has 1 aromatic rings. The molecule has 2 unspecified atom stereocenters. The Morgan fingerprint density at radius 2 is 2.05 bits per heavy atom. The third kappa shape index (κ3) is 2.60. The van der Waals surface area contributed by atoms with Gasteiger partial charge in [0.1, 0.15) is 11.7 Å². The highest BCUT2D eigenvalue weighted by molar-refractivity contribution is 7.80. The molecule has 5 nitrogen and oxygen atoms in total. The number of para-hydroxylation sites is 1. The van der Waals surface area contributed by atoms with Crippen molar-refractivity contribution in [3.05, 3.63) is 42.1 Å². The van der Waals surface area contributed by atoms with Gasteiger partial charge in [-0.2, -0.15) is 0 Å². The maximum Gasteiger partial charge on any atom is 0.317 e. The van der Waals surface area contributed by atoms with Crippen LogP contribution in [0.15, 0.2) is 36.5 Å². The summed E-state index contributed by atoms with van der Waals surface area (Å²) in [6.07, 6.45) is 0. The van der Waals surface area contributed by atoms with Gasteiger partial charge in [-0.1, -0.05) is 24.8 Å². The first-order chi connectivity index (χ1) is 9.58. The van der Waals surface area contributed by atoms with Gasteiger partial charge < -0.3 is 20.1 Å². The van der Waals surface area contributed by atoms with E-state index in [1.807, 2.05) is 24.3 Å². The Morgan fingerprint density at radius 3 is 2.70 bits per heavy atom. The molecule has 2 N–H and O–H groups in total. The van der Waals surface area contributed by atoms with Crippen LogP contribution >= 0.6 is 12.2 Å². The standard InChI is InChI=1S/C14H16N2O3S/c1-8-11(13(17)19-3)12(16-14(20)15-8)9-6-4-5-7-10(9)18-2/h4-7,11-12H,1H2,2-3H3,(H2,15,16,20). The quantitative estimate of drug-likeness (QED) is 0.650. The summed E-state index contributed by atoms with van der Waals surface area (Å²) in [7, 11) is 2.93. The van der Waals surface area contributed by atoms with Crippen molar-refractivity contribution in [2.75, 3.05) is 14.2 Å². The average molecular weight is 292 g/mol. The van der Waals surface area contributed by atoms with E-state index in [1.54, 1.807) is 7.11 Å². The molecule has 20 heavy (non-hydrogen) atoms. The zero-order chi connectivity index (χ0) is 14.7. The van der Waals surface area contributed by atoms with Gasteiger partial charge in [-0.3, -0.25) is 4.79 Å². The predicted octanol–water partition coefficient (Wildman–Crippen LogP) is 1.52. The molecule has 106 valence electrons. The number of carbonyl (C=O) groups excluding carboxylic acids is 1. The second-order valence-electron chi connectivity index (χ2n) is 4.34. The zero-order valence-electron chi connectivity index (χ0n) is 11.3. The Labute approximate surface area is 123 Å². The van der Waals surface area contributed by atoms with Gasteiger partial charge in [-0.25, -0.2) is 0 Å². The zero-order valence-corrected chi connectivity index (χ0v) is 12.1. The third-order valence-corrected chi connectivity index (χ3v) is 3.42. The molecule has 2 atom stereocenters. The largest absolute Gasteiger partial charge is 0.496 e. The maximum absolute atomic E-state index is 12.0. The van der Waals surface area contributed by atoms with Crippen molar-refractivity contribution < 1.29 is 14.3 Å². The number of hydrogen-bond acceptors (Lipinski definition) is 4. The normalized spacial score (nSPS) is 21.7. The second kappa shape index (κ2) is 5.92. The molecule has 1 aromatic carbocycles. The van der Waals surface area contributed by atoms with Crippen molar-refractivity contribution in [1.29, 1.82) is 0 Å². The summed E-state index contributed by atoms with van der Waals surface area (Å²) in [6, 6.07) is 7.08. The van der Waals surface area contributed by atoms with Gasteiger partial charge in [0, 0.05) is 11.3 Å². The minimum absolute atomic E-state index is 0.375. The van der Waals surface area contributed by atoms with Crippen molar-refractivity contribution in [3.63, 3.8) is 0 Å². The Kier molecular flexibility index (Phi) is 4.24. The molecule has 0 amide bonds. The maximum atomic E-state index is 12.0. The van der Waals surface area contributed by atoms with Crippen LogP contribution in [0.1, 0.15) is 11.6 Å². The lowest BCUT2D eigenvalue weighted by molar-refractivity contribution is -0.145. The molecule has 0 spiro atoms. The first-order valence-corrected chi connectivity index (χ1v) is 6.46. The van der Waals surface area contributed by atoms with Gasteiger partial charge in [0.05, 0.1) is 20.3 Å². The van der Waals surface area contributed by atoms with Gasteiger partial charge in [-0.15, -0.1) is 0 Å². The van der Waals surface area contributed by atoms with Crippen LogP contribution in [0.5, 0.6) is 5.75 Å². The summed E-state index contributed by atoms with van der Waals surface area (Å²) in [6.45, 7) is 3.87. The summed E-state index contributed by atoms with van der Waals surface area (Å²) >= 11 is 5.14. The molecule has 0 radical (unpaired) electrons. The second-order valence-corrected chi connectivity index (χ2v) is 4.75. The van der Waals surface area contributed by atoms with E-state index in [0.29, 0.717) is 16.6 Å². The Balaban J connectivity index is 2.46. The highest BCUT2D eigenvalue weighted by Crippen LogP contribution is 2.35. The number of hydrogen-bond donors (Lipinski definition) is 2. The van der Waals surface area contributed by atoms with Gasteiger partial charge in [0.15, 0.2) is 5.11 Å². The van der Waals surface area contributed by atoms with Gasteiger partial charge in [0.25, 0.3) is 0 Å². The lowest BCUT2D eigenvalue weighted by atomic mass is 9.88. The molecule has 2 rings (SSSR count). The molecule has 0 aliphatic carbocycles. The van der Waals surface area contributed by atoms with Crippen LogP contribution < -0.4 is 15.4 Å². The number of nitrogens with one attached hydrogen (secondary N) is 2. The van der Waals surface area contributed by atoms with E-state index < -0.39 is 5.92 Å². The van der Waals surface area contributed by atoms with Crippen molar-refractivity contribution in [1.82, 2.24) is 10.6 Å². The van der Waals surface area contributed by atoms with E-state index in [1.165, 1.54) is 7.11 Å². The number of ether oxygens (including phenoxy) is 2. The summed E-state index contributed by atoms with van der Waals surface area (Å²) in [5.74, 6) is -0.284. The molecule has 1 aliphatic rings. The van der Waals surface area contributed by atoms with Crippen molar-refractivity contribution in [2.24, 2.45) is 5.92 Å².